The molecule has 1 heterocycles. The lowest BCUT2D eigenvalue weighted by atomic mass is 10.1. The monoisotopic (exact) mass is 251 g/mol. The second kappa shape index (κ2) is 5.33. The number of rotatable bonds is 4. The Balaban J connectivity index is 2.13. The molecule has 0 amide bonds. The van der Waals surface area contributed by atoms with Gasteiger partial charge < -0.3 is 5.73 Å². The van der Waals surface area contributed by atoms with Gasteiger partial charge in [-0.1, -0.05) is 12.1 Å². The van der Waals surface area contributed by atoms with Crippen molar-refractivity contribution in [2.24, 2.45) is 12.8 Å². The smallest absolute Gasteiger partial charge is 0.123 e. The number of thioether (sulfide) groups is 1. The molecule has 0 aliphatic carbocycles. The Labute approximate surface area is 104 Å². The summed E-state index contributed by atoms with van der Waals surface area (Å²) in [6.45, 7) is 0.505. The predicted molar refractivity (Wildman–Crippen MR) is 67.3 cm³/mol. The Kier molecular flexibility index (Phi) is 3.81. The summed E-state index contributed by atoms with van der Waals surface area (Å²) in [5.41, 5.74) is 6.79. The highest BCUT2D eigenvalue weighted by atomic mass is 32.2. The van der Waals surface area contributed by atoms with Crippen LogP contribution in [-0.4, -0.2) is 16.3 Å². The van der Waals surface area contributed by atoms with Gasteiger partial charge in [0, 0.05) is 29.9 Å². The largest absolute Gasteiger partial charge is 0.329 e. The van der Waals surface area contributed by atoms with Crippen molar-refractivity contribution in [1.82, 2.24) is 9.78 Å². The Bertz CT molecular complexity index is 481. The van der Waals surface area contributed by atoms with Gasteiger partial charge >= 0.3 is 0 Å². The van der Waals surface area contributed by atoms with E-state index in [1.54, 1.807) is 34.8 Å². The van der Waals surface area contributed by atoms with Crippen LogP contribution in [0.1, 0.15) is 10.8 Å². The van der Waals surface area contributed by atoms with Crippen LogP contribution < -0.4 is 5.73 Å². The molecule has 0 radical (unpaired) electrons. The van der Waals surface area contributed by atoms with Crippen LogP contribution in [0.15, 0.2) is 41.6 Å². The number of benzene rings is 1. The normalized spacial score (nSPS) is 12.6. The molecule has 0 fully saturated rings. The second-order valence-electron chi connectivity index (χ2n) is 3.74. The van der Waals surface area contributed by atoms with Gasteiger partial charge in [-0.05, 0) is 17.7 Å². The van der Waals surface area contributed by atoms with Gasteiger partial charge in [0.05, 0.1) is 6.20 Å². The van der Waals surface area contributed by atoms with Crippen molar-refractivity contribution in [3.05, 3.63) is 48.0 Å². The zero-order chi connectivity index (χ0) is 12.3. The average Bonchev–Trinajstić information content (AvgIpc) is 2.73. The van der Waals surface area contributed by atoms with Crippen LogP contribution in [0.3, 0.4) is 0 Å². The fourth-order valence-corrected chi connectivity index (χ4v) is 2.59. The van der Waals surface area contributed by atoms with E-state index in [1.165, 1.54) is 12.1 Å². The van der Waals surface area contributed by atoms with Crippen molar-refractivity contribution in [2.75, 3.05) is 6.54 Å². The molecule has 0 aliphatic heterocycles. The van der Waals surface area contributed by atoms with Gasteiger partial charge in [-0.3, -0.25) is 4.68 Å². The molecule has 2 N–H and O–H groups in total. The minimum Gasteiger partial charge on any atom is -0.329 e. The summed E-state index contributed by atoms with van der Waals surface area (Å²) in [5.74, 6) is -0.226. The van der Waals surface area contributed by atoms with Gasteiger partial charge in [0.15, 0.2) is 0 Å². The molecule has 0 saturated carbocycles. The first-order valence-corrected chi connectivity index (χ1v) is 6.18. The lowest BCUT2D eigenvalue weighted by molar-refractivity contribution is 0.627. The third-order valence-electron chi connectivity index (χ3n) is 2.42. The number of nitrogens with two attached hydrogens (primary N) is 1. The molecule has 1 unspecified atom stereocenters. The van der Waals surface area contributed by atoms with Crippen LogP contribution in [0.2, 0.25) is 0 Å². The van der Waals surface area contributed by atoms with Crippen LogP contribution in [0.5, 0.6) is 0 Å². The molecule has 0 saturated heterocycles. The third-order valence-corrected chi connectivity index (χ3v) is 3.65. The van der Waals surface area contributed by atoms with Crippen LogP contribution in [-0.2, 0) is 7.05 Å². The Hall–Kier alpha value is -1.33. The number of aromatic nitrogens is 2. The SMILES string of the molecule is Cn1cc(SC(CN)c2ccc(F)cc2)cn1. The maximum Gasteiger partial charge on any atom is 0.123 e. The Morgan fingerprint density at radius 3 is 2.65 bits per heavy atom. The van der Waals surface area contributed by atoms with Gasteiger partial charge in [-0.15, -0.1) is 11.8 Å². The molecule has 0 spiro atoms. The van der Waals surface area contributed by atoms with E-state index in [0.29, 0.717) is 6.54 Å². The maximum absolute atomic E-state index is 12.8. The zero-order valence-corrected chi connectivity index (χ0v) is 10.3. The summed E-state index contributed by atoms with van der Waals surface area (Å²) in [7, 11) is 1.87. The second-order valence-corrected chi connectivity index (χ2v) is 5.02. The number of hydrogen-bond acceptors (Lipinski definition) is 3. The molecule has 0 aliphatic rings. The molecular formula is C12H14FN3S. The Morgan fingerprint density at radius 1 is 1.41 bits per heavy atom. The molecule has 1 aromatic heterocycles. The summed E-state index contributed by atoms with van der Waals surface area (Å²) in [4.78, 5) is 1.06. The van der Waals surface area contributed by atoms with E-state index in [4.69, 9.17) is 5.73 Å². The molecule has 90 valence electrons. The topological polar surface area (TPSA) is 43.8 Å². The van der Waals surface area contributed by atoms with Crippen molar-refractivity contribution >= 4 is 11.8 Å². The summed E-state index contributed by atoms with van der Waals surface area (Å²) in [6.07, 6.45) is 3.74. The first-order chi connectivity index (χ1) is 8.19. The molecule has 0 bridgehead atoms. The number of aryl methyl sites for hydroxylation is 1. The van der Waals surface area contributed by atoms with Crippen LogP contribution in [0.4, 0.5) is 4.39 Å². The fraction of sp³-hybridized carbons (Fsp3) is 0.250. The van der Waals surface area contributed by atoms with Crippen LogP contribution in [0.25, 0.3) is 0 Å². The van der Waals surface area contributed by atoms with E-state index in [1.807, 2.05) is 13.2 Å². The predicted octanol–water partition coefficient (Wildman–Crippen LogP) is 2.35. The number of halogens is 1. The van der Waals surface area contributed by atoms with Crippen molar-refractivity contribution in [2.45, 2.75) is 10.1 Å². The maximum atomic E-state index is 12.8. The van der Waals surface area contributed by atoms with Gasteiger partial charge in [0.1, 0.15) is 5.82 Å². The Morgan fingerprint density at radius 2 is 2.12 bits per heavy atom. The molecule has 3 nitrogen and oxygen atoms in total. The van der Waals surface area contributed by atoms with E-state index >= 15 is 0 Å². The quantitative estimate of drug-likeness (QED) is 0.848. The molecule has 2 rings (SSSR count). The van der Waals surface area contributed by atoms with Crippen molar-refractivity contribution in [3.63, 3.8) is 0 Å². The number of nitrogens with zero attached hydrogens (tertiary/aromatic N) is 2. The highest BCUT2D eigenvalue weighted by Crippen LogP contribution is 2.33. The van der Waals surface area contributed by atoms with Gasteiger partial charge in [-0.2, -0.15) is 5.10 Å². The van der Waals surface area contributed by atoms with Crippen LogP contribution >= 0.6 is 11.8 Å². The van der Waals surface area contributed by atoms with E-state index < -0.39 is 0 Å². The summed E-state index contributed by atoms with van der Waals surface area (Å²) in [6, 6.07) is 6.47. The van der Waals surface area contributed by atoms with Crippen molar-refractivity contribution in [3.8, 4) is 0 Å². The first kappa shape index (κ1) is 12.1. The third kappa shape index (κ3) is 3.08. The summed E-state index contributed by atoms with van der Waals surface area (Å²) < 4.78 is 14.6. The highest BCUT2D eigenvalue weighted by Gasteiger charge is 2.12. The van der Waals surface area contributed by atoms with Crippen molar-refractivity contribution in [1.29, 1.82) is 0 Å². The number of hydrogen-bond donors (Lipinski definition) is 1. The van der Waals surface area contributed by atoms with E-state index in [0.717, 1.165) is 10.5 Å². The van der Waals surface area contributed by atoms with E-state index in [9.17, 15) is 4.39 Å². The molecule has 2 aromatic rings. The van der Waals surface area contributed by atoms with Gasteiger partial charge in [0.2, 0.25) is 0 Å². The molecule has 1 aromatic carbocycles. The molecular weight excluding hydrogens is 237 g/mol. The molecule has 5 heteroatoms. The zero-order valence-electron chi connectivity index (χ0n) is 9.51. The molecule has 17 heavy (non-hydrogen) atoms. The average molecular weight is 251 g/mol. The molecule has 1 atom stereocenters. The highest BCUT2D eigenvalue weighted by molar-refractivity contribution is 7.99. The summed E-state index contributed by atoms with van der Waals surface area (Å²) in [5, 5.41) is 4.23. The van der Waals surface area contributed by atoms with Gasteiger partial charge in [0.25, 0.3) is 0 Å². The minimum atomic E-state index is -0.226. The van der Waals surface area contributed by atoms with E-state index in [-0.39, 0.29) is 11.1 Å². The lowest BCUT2D eigenvalue weighted by Gasteiger charge is -2.13. The van der Waals surface area contributed by atoms with Crippen molar-refractivity contribution < 1.29 is 4.39 Å². The summed E-state index contributed by atoms with van der Waals surface area (Å²) >= 11 is 1.64. The fourth-order valence-electron chi connectivity index (χ4n) is 1.55. The minimum absolute atomic E-state index is 0.125. The van der Waals surface area contributed by atoms with Crippen LogP contribution in [0, 0.1) is 5.82 Å². The standard InChI is InChI=1S/C12H14FN3S/c1-16-8-11(7-15-16)17-12(6-14)9-2-4-10(13)5-3-9/h2-5,7-8,12H,6,14H2,1H3. The van der Waals surface area contributed by atoms with Gasteiger partial charge in [-0.25, -0.2) is 4.39 Å². The first-order valence-electron chi connectivity index (χ1n) is 5.30. The lowest BCUT2D eigenvalue weighted by Crippen LogP contribution is -2.09. The van der Waals surface area contributed by atoms with E-state index in [2.05, 4.69) is 5.10 Å².